The van der Waals surface area contributed by atoms with E-state index in [0.717, 1.165) is 5.56 Å². The molecular weight excluding hydrogens is 304 g/mol. The fraction of sp³-hybridized carbons (Fsp3) is 0.0667. The Morgan fingerprint density at radius 3 is 2.41 bits per heavy atom. The Morgan fingerprint density at radius 2 is 1.73 bits per heavy atom. The highest BCUT2D eigenvalue weighted by atomic mass is 32.2. The molecule has 0 aliphatic carbocycles. The van der Waals surface area contributed by atoms with Crippen molar-refractivity contribution in [3.8, 4) is 0 Å². The van der Waals surface area contributed by atoms with Crippen LogP contribution in [0, 0.1) is 0 Å². The van der Waals surface area contributed by atoms with Crippen molar-refractivity contribution >= 4 is 22.2 Å². The number of hydrogen-bond donors (Lipinski definition) is 1. The standard InChI is InChI=1S/C15H14N2O4S/c1-21-15(18)13-9-5-6-10-14(13)22(19,20)17-16-11-12-7-3-2-4-8-12/h2-11,17H,1H3/b16-11+. The van der Waals surface area contributed by atoms with Crippen LogP contribution in [0.1, 0.15) is 15.9 Å². The molecular formula is C15H14N2O4S. The molecule has 0 aliphatic heterocycles. The molecule has 2 aromatic carbocycles. The second-order valence-electron chi connectivity index (χ2n) is 4.25. The summed E-state index contributed by atoms with van der Waals surface area (Å²) in [5, 5.41) is 3.70. The molecule has 22 heavy (non-hydrogen) atoms. The lowest BCUT2D eigenvalue weighted by molar-refractivity contribution is 0.0596. The zero-order chi connectivity index (χ0) is 16.0. The van der Waals surface area contributed by atoms with Crippen LogP contribution in [0.5, 0.6) is 0 Å². The van der Waals surface area contributed by atoms with E-state index < -0.39 is 16.0 Å². The number of nitrogens with one attached hydrogen (secondary N) is 1. The Kier molecular flexibility index (Phi) is 4.90. The Balaban J connectivity index is 2.25. The van der Waals surface area contributed by atoms with Crippen molar-refractivity contribution in [2.75, 3.05) is 7.11 Å². The molecule has 1 N–H and O–H groups in total. The Labute approximate surface area is 128 Å². The van der Waals surface area contributed by atoms with Crippen molar-refractivity contribution in [2.24, 2.45) is 5.10 Å². The van der Waals surface area contributed by atoms with Crippen molar-refractivity contribution in [3.05, 3.63) is 65.7 Å². The number of ether oxygens (including phenoxy) is 1. The summed E-state index contributed by atoms with van der Waals surface area (Å²) in [6.45, 7) is 0. The molecule has 0 aliphatic rings. The van der Waals surface area contributed by atoms with Gasteiger partial charge in [0, 0.05) is 0 Å². The number of carbonyl (C=O) groups excluding carboxylic acids is 1. The van der Waals surface area contributed by atoms with E-state index in [1.165, 1.54) is 31.5 Å². The van der Waals surface area contributed by atoms with Gasteiger partial charge in [0.2, 0.25) is 0 Å². The van der Waals surface area contributed by atoms with Gasteiger partial charge in [-0.15, -0.1) is 0 Å². The minimum atomic E-state index is -3.96. The highest BCUT2D eigenvalue weighted by Gasteiger charge is 2.21. The molecule has 0 bridgehead atoms. The van der Waals surface area contributed by atoms with Crippen LogP contribution in [0.3, 0.4) is 0 Å². The second kappa shape index (κ2) is 6.86. The predicted molar refractivity (Wildman–Crippen MR) is 82.1 cm³/mol. The molecule has 6 nitrogen and oxygen atoms in total. The number of methoxy groups -OCH3 is 1. The Morgan fingerprint density at radius 1 is 1.09 bits per heavy atom. The summed E-state index contributed by atoms with van der Waals surface area (Å²) in [5.41, 5.74) is 0.693. The minimum Gasteiger partial charge on any atom is -0.465 e. The van der Waals surface area contributed by atoms with Gasteiger partial charge in [0.05, 0.1) is 18.9 Å². The maximum atomic E-state index is 12.2. The highest BCUT2D eigenvalue weighted by Crippen LogP contribution is 2.16. The lowest BCUT2D eigenvalue weighted by Gasteiger charge is -2.07. The third-order valence-electron chi connectivity index (χ3n) is 2.77. The average Bonchev–Trinajstić information content (AvgIpc) is 2.55. The number of carbonyl (C=O) groups is 1. The molecule has 0 radical (unpaired) electrons. The van der Waals surface area contributed by atoms with Crippen LogP contribution < -0.4 is 4.83 Å². The molecule has 0 saturated heterocycles. The fourth-order valence-electron chi connectivity index (χ4n) is 1.74. The molecule has 0 atom stereocenters. The van der Waals surface area contributed by atoms with E-state index in [1.807, 2.05) is 18.2 Å². The topological polar surface area (TPSA) is 84.8 Å². The van der Waals surface area contributed by atoms with E-state index in [-0.39, 0.29) is 10.5 Å². The van der Waals surface area contributed by atoms with Gasteiger partial charge in [-0.25, -0.2) is 9.63 Å². The summed E-state index contributed by atoms with van der Waals surface area (Å²) in [5.74, 6) is -0.729. The van der Waals surface area contributed by atoms with E-state index in [4.69, 9.17) is 0 Å². The smallest absolute Gasteiger partial charge is 0.339 e. The van der Waals surface area contributed by atoms with Crippen molar-refractivity contribution in [2.45, 2.75) is 4.90 Å². The van der Waals surface area contributed by atoms with E-state index >= 15 is 0 Å². The van der Waals surface area contributed by atoms with Gasteiger partial charge in [-0.1, -0.05) is 42.5 Å². The molecule has 114 valence electrons. The van der Waals surface area contributed by atoms with E-state index in [1.54, 1.807) is 18.2 Å². The normalized spacial score (nSPS) is 11.3. The van der Waals surface area contributed by atoms with Gasteiger partial charge < -0.3 is 4.74 Å². The van der Waals surface area contributed by atoms with Crippen LogP contribution in [-0.2, 0) is 14.8 Å². The number of sulfonamides is 1. The van der Waals surface area contributed by atoms with Gasteiger partial charge in [0.25, 0.3) is 10.0 Å². The third kappa shape index (κ3) is 3.70. The molecule has 0 saturated carbocycles. The summed E-state index contributed by atoms with van der Waals surface area (Å²) in [6.07, 6.45) is 1.37. The highest BCUT2D eigenvalue weighted by molar-refractivity contribution is 7.89. The van der Waals surface area contributed by atoms with E-state index in [9.17, 15) is 13.2 Å². The summed E-state index contributed by atoms with van der Waals surface area (Å²) in [6, 6.07) is 14.8. The fourth-order valence-corrected chi connectivity index (χ4v) is 2.73. The minimum absolute atomic E-state index is 0.0487. The van der Waals surface area contributed by atoms with E-state index in [0.29, 0.717) is 0 Å². The predicted octanol–water partition coefficient (Wildman–Crippen LogP) is 1.79. The van der Waals surface area contributed by atoms with Crippen LogP contribution in [0.2, 0.25) is 0 Å². The first kappa shape index (κ1) is 15.7. The Bertz CT molecular complexity index is 786. The summed E-state index contributed by atoms with van der Waals surface area (Å²) in [7, 11) is -2.78. The monoisotopic (exact) mass is 318 g/mol. The van der Waals surface area contributed by atoms with Crippen molar-refractivity contribution in [1.29, 1.82) is 0 Å². The van der Waals surface area contributed by atoms with Gasteiger partial charge in [-0.05, 0) is 17.7 Å². The number of hydrogen-bond acceptors (Lipinski definition) is 5. The van der Waals surface area contributed by atoms with Crippen molar-refractivity contribution in [1.82, 2.24) is 4.83 Å². The third-order valence-corrected chi connectivity index (χ3v) is 4.05. The average molecular weight is 318 g/mol. The SMILES string of the molecule is COC(=O)c1ccccc1S(=O)(=O)N/N=C/c1ccccc1. The zero-order valence-electron chi connectivity index (χ0n) is 11.8. The van der Waals surface area contributed by atoms with E-state index in [2.05, 4.69) is 14.7 Å². The van der Waals surface area contributed by atoms with Gasteiger partial charge in [0.15, 0.2) is 0 Å². The maximum absolute atomic E-state index is 12.2. The molecule has 0 amide bonds. The van der Waals surface area contributed by atoms with Crippen molar-refractivity contribution < 1.29 is 17.9 Å². The molecule has 2 aromatic rings. The lowest BCUT2D eigenvalue weighted by Crippen LogP contribution is -2.21. The molecule has 7 heteroatoms. The lowest BCUT2D eigenvalue weighted by atomic mass is 10.2. The van der Waals surface area contributed by atoms with Crippen LogP contribution in [0.4, 0.5) is 0 Å². The largest absolute Gasteiger partial charge is 0.465 e. The first-order valence-electron chi connectivity index (χ1n) is 6.32. The number of esters is 1. The van der Waals surface area contributed by atoms with Crippen LogP contribution in [-0.4, -0.2) is 27.7 Å². The molecule has 0 fully saturated rings. The summed E-state index contributed by atoms with van der Waals surface area (Å²) in [4.78, 5) is 13.5. The number of hydrazone groups is 1. The van der Waals surface area contributed by atoms with Gasteiger partial charge in [-0.2, -0.15) is 13.5 Å². The van der Waals surface area contributed by atoms with Gasteiger partial charge in [0.1, 0.15) is 4.90 Å². The summed E-state index contributed by atoms with van der Waals surface area (Å²) >= 11 is 0. The quantitative estimate of drug-likeness (QED) is 0.517. The Hall–Kier alpha value is -2.67. The molecule has 0 spiro atoms. The molecule has 0 unspecified atom stereocenters. The molecule has 0 aromatic heterocycles. The second-order valence-corrected chi connectivity index (χ2v) is 5.88. The van der Waals surface area contributed by atoms with Crippen LogP contribution >= 0.6 is 0 Å². The number of benzene rings is 2. The van der Waals surface area contributed by atoms with Gasteiger partial charge in [-0.3, -0.25) is 0 Å². The first-order chi connectivity index (χ1) is 10.5. The molecule has 2 rings (SSSR count). The van der Waals surface area contributed by atoms with Crippen LogP contribution in [0.15, 0.2) is 64.6 Å². The maximum Gasteiger partial charge on any atom is 0.339 e. The number of nitrogens with zero attached hydrogens (tertiary/aromatic N) is 1. The first-order valence-corrected chi connectivity index (χ1v) is 7.80. The van der Waals surface area contributed by atoms with Crippen molar-refractivity contribution in [3.63, 3.8) is 0 Å². The van der Waals surface area contributed by atoms with Crippen LogP contribution in [0.25, 0.3) is 0 Å². The zero-order valence-corrected chi connectivity index (χ0v) is 12.6. The number of rotatable bonds is 5. The summed E-state index contributed by atoms with van der Waals surface area (Å²) < 4.78 is 29.0. The van der Waals surface area contributed by atoms with Gasteiger partial charge >= 0.3 is 5.97 Å². The molecule has 0 heterocycles.